The van der Waals surface area contributed by atoms with Crippen LogP contribution >= 0.6 is 11.6 Å². The third kappa shape index (κ3) is 5.95. The molecule has 164 valence electrons. The average molecular weight is 438 g/mol. The third-order valence-corrected chi connectivity index (χ3v) is 6.06. The minimum absolute atomic E-state index is 0.310. The molecule has 1 fully saturated rings. The summed E-state index contributed by atoms with van der Waals surface area (Å²) in [5, 5.41) is 4.05. The van der Waals surface area contributed by atoms with E-state index in [1.165, 1.54) is 6.42 Å². The molecule has 0 amide bonds. The molecule has 0 bridgehead atoms. The highest BCUT2D eigenvalue weighted by molar-refractivity contribution is 6.32. The fraction of sp³-hybridized carbons (Fsp3) is 0.400. The first-order valence-corrected chi connectivity index (χ1v) is 11.2. The molecule has 31 heavy (non-hydrogen) atoms. The number of aromatic nitrogens is 2. The van der Waals surface area contributed by atoms with Gasteiger partial charge >= 0.3 is 0 Å². The van der Waals surface area contributed by atoms with Crippen molar-refractivity contribution >= 4 is 29.3 Å². The van der Waals surface area contributed by atoms with Crippen molar-refractivity contribution in [2.75, 3.05) is 12.4 Å². The molecule has 1 aliphatic carbocycles. The van der Waals surface area contributed by atoms with Crippen LogP contribution in [0.5, 0.6) is 0 Å². The Balaban J connectivity index is 1.73. The number of halogens is 1. The van der Waals surface area contributed by atoms with Gasteiger partial charge in [0.15, 0.2) is 0 Å². The number of benzene rings is 1. The summed E-state index contributed by atoms with van der Waals surface area (Å²) in [5.74, 6) is 0.602. The van der Waals surface area contributed by atoms with Gasteiger partial charge in [-0.1, -0.05) is 42.4 Å². The second-order valence-electron chi connectivity index (χ2n) is 8.17. The first-order chi connectivity index (χ1) is 14.9. The van der Waals surface area contributed by atoms with E-state index in [2.05, 4.69) is 53.0 Å². The van der Waals surface area contributed by atoms with Gasteiger partial charge in [-0.25, -0.2) is 9.97 Å². The maximum Gasteiger partial charge on any atom is 0.223 e. The largest absolute Gasteiger partial charge is 0.376 e. The molecular formula is C25H32ClN5. The number of rotatable bonds is 7. The fourth-order valence-corrected chi connectivity index (χ4v) is 4.38. The first kappa shape index (κ1) is 23.0. The summed E-state index contributed by atoms with van der Waals surface area (Å²) >= 11 is 6.44. The zero-order valence-corrected chi connectivity index (χ0v) is 19.7. The number of allylic oxidation sites excluding steroid dienone is 1. The summed E-state index contributed by atoms with van der Waals surface area (Å²) in [6.07, 6.45) is 10.1. The second kappa shape index (κ2) is 10.6. The molecule has 2 atom stereocenters. The quantitative estimate of drug-likeness (QED) is 0.531. The molecule has 6 heteroatoms. The number of hydrogen-bond donors (Lipinski definition) is 1. The Labute approximate surface area is 191 Å². The number of nitrogens with zero attached hydrogens (tertiary/aromatic N) is 4. The van der Waals surface area contributed by atoms with Crippen LogP contribution in [0.15, 0.2) is 53.9 Å². The Morgan fingerprint density at radius 3 is 2.84 bits per heavy atom. The molecule has 2 unspecified atom stereocenters. The van der Waals surface area contributed by atoms with Crippen molar-refractivity contribution in [3.05, 3.63) is 70.8 Å². The van der Waals surface area contributed by atoms with Gasteiger partial charge in [-0.2, -0.15) is 0 Å². The van der Waals surface area contributed by atoms with E-state index in [4.69, 9.17) is 16.6 Å². The lowest BCUT2D eigenvalue weighted by atomic mass is 9.90. The lowest BCUT2D eigenvalue weighted by Crippen LogP contribution is -2.38. The molecule has 1 saturated carbocycles. The Morgan fingerprint density at radius 1 is 1.32 bits per heavy atom. The molecule has 5 nitrogen and oxygen atoms in total. The van der Waals surface area contributed by atoms with Gasteiger partial charge in [0, 0.05) is 37.1 Å². The molecule has 0 radical (unpaired) electrons. The van der Waals surface area contributed by atoms with E-state index in [9.17, 15) is 0 Å². The summed E-state index contributed by atoms with van der Waals surface area (Å²) in [7, 11) is 2.13. The van der Waals surface area contributed by atoms with Crippen LogP contribution in [0.2, 0.25) is 5.02 Å². The van der Waals surface area contributed by atoms with Crippen LogP contribution in [0.3, 0.4) is 0 Å². The van der Waals surface area contributed by atoms with Crippen molar-refractivity contribution in [3.63, 3.8) is 0 Å². The second-order valence-corrected chi connectivity index (χ2v) is 8.58. The Kier molecular flexibility index (Phi) is 7.85. The highest BCUT2D eigenvalue weighted by atomic mass is 35.5. The number of hydrogen-bond acceptors (Lipinski definition) is 5. The predicted octanol–water partition coefficient (Wildman–Crippen LogP) is 6.11. The number of nitrogens with one attached hydrogen (secondary N) is 1. The van der Waals surface area contributed by atoms with Crippen molar-refractivity contribution in [3.8, 4) is 0 Å². The van der Waals surface area contributed by atoms with E-state index < -0.39 is 0 Å². The summed E-state index contributed by atoms with van der Waals surface area (Å²) in [6.45, 7) is 10.3. The summed E-state index contributed by atoms with van der Waals surface area (Å²) in [5.41, 5.74) is 4.69. The lowest BCUT2D eigenvalue weighted by molar-refractivity contribution is 0.241. The van der Waals surface area contributed by atoms with Gasteiger partial charge in [-0.15, -0.1) is 0 Å². The molecule has 2 aromatic rings. The number of anilines is 1. The predicted molar refractivity (Wildman–Crippen MR) is 132 cm³/mol. The van der Waals surface area contributed by atoms with Crippen LogP contribution in [-0.4, -0.2) is 40.2 Å². The van der Waals surface area contributed by atoms with Crippen LogP contribution in [0.4, 0.5) is 5.95 Å². The third-order valence-electron chi connectivity index (χ3n) is 5.78. The van der Waals surface area contributed by atoms with Gasteiger partial charge in [0.05, 0.1) is 22.6 Å². The van der Waals surface area contributed by atoms with Gasteiger partial charge in [0.2, 0.25) is 5.95 Å². The minimum Gasteiger partial charge on any atom is -0.376 e. The minimum atomic E-state index is 0.310. The highest BCUT2D eigenvalue weighted by Crippen LogP contribution is 2.30. The standard InChI is InChI=1S/C25H32ClN5/c1-6-27-18(3)16-31(5)21-12-9-11-20(14-21)29-25-28-15-23(26)24(30-25)19(4)22-13-8-7-10-17(22)2/h6-8,10,13,15-16,20-21H,4,9,11-12,14H2,1-3,5H3,(H,28,29,30)/b18-16+,27-6?. The van der Waals surface area contributed by atoms with Crippen molar-refractivity contribution < 1.29 is 0 Å². The van der Waals surface area contributed by atoms with E-state index in [-0.39, 0.29) is 0 Å². The van der Waals surface area contributed by atoms with Gasteiger partial charge in [-0.3, -0.25) is 4.99 Å². The first-order valence-electron chi connectivity index (χ1n) is 10.8. The summed E-state index contributed by atoms with van der Waals surface area (Å²) in [4.78, 5) is 15.8. The van der Waals surface area contributed by atoms with Crippen LogP contribution in [0, 0.1) is 6.92 Å². The average Bonchev–Trinajstić information content (AvgIpc) is 2.75. The van der Waals surface area contributed by atoms with Gasteiger partial charge in [-0.05, 0) is 57.6 Å². The van der Waals surface area contributed by atoms with Crippen LogP contribution < -0.4 is 5.32 Å². The molecule has 1 N–H and O–H groups in total. The Morgan fingerprint density at radius 2 is 2.10 bits per heavy atom. The van der Waals surface area contributed by atoms with Gasteiger partial charge in [0.1, 0.15) is 0 Å². The SMILES string of the molecule is C=C(c1ccccc1C)c1nc(NC2CCCC(N(C)/C=C(\C)N=CC)C2)ncc1Cl. The summed E-state index contributed by atoms with van der Waals surface area (Å²) in [6, 6.07) is 8.90. The topological polar surface area (TPSA) is 53.4 Å². The lowest BCUT2D eigenvalue weighted by Gasteiger charge is -2.35. The van der Waals surface area contributed by atoms with E-state index in [0.29, 0.717) is 28.7 Å². The zero-order chi connectivity index (χ0) is 22.4. The highest BCUT2D eigenvalue weighted by Gasteiger charge is 2.25. The Bertz CT molecular complexity index is 982. The van der Waals surface area contributed by atoms with Gasteiger partial charge in [0.25, 0.3) is 0 Å². The molecule has 0 saturated heterocycles. The van der Waals surface area contributed by atoms with Crippen molar-refractivity contribution in [2.24, 2.45) is 4.99 Å². The van der Waals surface area contributed by atoms with Crippen molar-refractivity contribution in [1.82, 2.24) is 14.9 Å². The smallest absolute Gasteiger partial charge is 0.223 e. The molecule has 1 aromatic heterocycles. The molecule has 0 spiro atoms. The molecule has 1 aliphatic rings. The zero-order valence-electron chi connectivity index (χ0n) is 18.9. The maximum absolute atomic E-state index is 6.44. The van der Waals surface area contributed by atoms with Crippen LogP contribution in [0.25, 0.3) is 5.57 Å². The van der Waals surface area contributed by atoms with E-state index >= 15 is 0 Å². The van der Waals surface area contributed by atoms with Crippen LogP contribution in [0.1, 0.15) is 56.4 Å². The van der Waals surface area contributed by atoms with Crippen LogP contribution in [-0.2, 0) is 0 Å². The van der Waals surface area contributed by atoms with Crippen molar-refractivity contribution in [1.29, 1.82) is 0 Å². The number of aryl methyl sites for hydroxylation is 1. The maximum atomic E-state index is 6.44. The molecular weight excluding hydrogens is 406 g/mol. The summed E-state index contributed by atoms with van der Waals surface area (Å²) < 4.78 is 0. The fourth-order valence-electron chi connectivity index (χ4n) is 4.17. The molecule has 0 aliphatic heterocycles. The normalized spacial score (nSPS) is 19.5. The molecule has 1 aromatic carbocycles. The monoisotopic (exact) mass is 437 g/mol. The molecule has 1 heterocycles. The van der Waals surface area contributed by atoms with Gasteiger partial charge < -0.3 is 10.2 Å². The van der Waals surface area contributed by atoms with Crippen molar-refractivity contribution in [2.45, 2.75) is 58.5 Å². The van der Waals surface area contributed by atoms with E-state index in [1.54, 1.807) is 6.20 Å². The Hall–Kier alpha value is -2.66. The van der Waals surface area contributed by atoms with E-state index in [0.717, 1.165) is 41.7 Å². The van der Waals surface area contributed by atoms with E-state index in [1.807, 2.05) is 38.3 Å². The molecule has 3 rings (SSSR count). The number of aliphatic imine (C=N–C) groups is 1.